The number of pyridine rings is 1. The maximum atomic E-state index is 8.36. The van der Waals surface area contributed by atoms with Gasteiger partial charge in [0.25, 0.3) is 0 Å². The molecule has 1 N–H and O–H groups in total. The number of fused-ring (bicyclic) bond motifs is 1. The number of rotatable bonds is 2. The van der Waals surface area contributed by atoms with Gasteiger partial charge < -0.3 is 9.68 Å². The molecule has 1 aliphatic rings. The average Bonchev–Trinajstić information content (AvgIpc) is 2.51. The topological polar surface area (TPSA) is 54.7 Å². The van der Waals surface area contributed by atoms with Crippen LogP contribution in [0.4, 0.5) is 0 Å². The second-order valence-corrected chi connectivity index (χ2v) is 2.40. The number of hydrogen-bond donors (Lipinski definition) is 1. The Labute approximate surface area is 70.2 Å². The van der Waals surface area contributed by atoms with Crippen LogP contribution in [0.3, 0.4) is 0 Å². The highest BCUT2D eigenvalue weighted by Gasteiger charge is 2.08. The van der Waals surface area contributed by atoms with Gasteiger partial charge >= 0.3 is 7.69 Å². The van der Waals surface area contributed by atoms with Crippen LogP contribution >= 0.6 is 0 Å². The lowest BCUT2D eigenvalue weighted by Gasteiger charge is -2.01. The lowest BCUT2D eigenvalue weighted by atomic mass is 10.2. The van der Waals surface area contributed by atoms with Gasteiger partial charge in [0, 0.05) is 11.8 Å². The largest absolute Gasteiger partial charge is 0.569 e. The molecule has 0 aromatic carbocycles. The van der Waals surface area contributed by atoms with Crippen molar-refractivity contribution in [3.63, 3.8) is 0 Å². The maximum Gasteiger partial charge on any atom is 0.569 e. The summed E-state index contributed by atoms with van der Waals surface area (Å²) >= 11 is 0. The van der Waals surface area contributed by atoms with Gasteiger partial charge in [-0.2, -0.15) is 0 Å². The van der Waals surface area contributed by atoms with Crippen molar-refractivity contribution < 1.29 is 9.68 Å². The summed E-state index contributed by atoms with van der Waals surface area (Å²) in [6.45, 7) is 0.637. The fraction of sp³-hybridized carbons (Fsp3) is 0.143. The minimum absolute atomic E-state index is 0.518. The van der Waals surface area contributed by atoms with E-state index in [2.05, 4.69) is 9.98 Å². The lowest BCUT2D eigenvalue weighted by molar-refractivity contribution is 0.452. The van der Waals surface area contributed by atoms with Gasteiger partial charge in [0.2, 0.25) is 0 Å². The van der Waals surface area contributed by atoms with Crippen LogP contribution in [-0.2, 0) is 6.54 Å². The molecule has 0 atom stereocenters. The number of aromatic nitrogens is 1. The van der Waals surface area contributed by atoms with Crippen LogP contribution in [0.15, 0.2) is 17.3 Å². The van der Waals surface area contributed by atoms with Crippen molar-refractivity contribution in [3.8, 4) is 5.75 Å². The molecule has 0 aliphatic carbocycles. The first-order chi connectivity index (χ1) is 5.90. The Morgan fingerprint density at radius 3 is 3.33 bits per heavy atom. The van der Waals surface area contributed by atoms with Gasteiger partial charge in [0.15, 0.2) is 0 Å². The highest BCUT2D eigenvalue weighted by atomic mass is 16.5. The van der Waals surface area contributed by atoms with Crippen molar-refractivity contribution in [2.24, 2.45) is 4.99 Å². The molecule has 0 saturated carbocycles. The Bertz CT molecular complexity index is 327. The predicted molar refractivity (Wildman–Crippen MR) is 44.1 cm³/mol. The molecule has 0 unspecified atom stereocenters. The highest BCUT2D eigenvalue weighted by Crippen LogP contribution is 2.17. The normalized spacial score (nSPS) is 12.8. The quantitative estimate of drug-likeness (QED) is 0.617. The Morgan fingerprint density at radius 2 is 2.50 bits per heavy atom. The predicted octanol–water partition coefficient (Wildman–Crippen LogP) is -0.0806. The fourth-order valence-corrected chi connectivity index (χ4v) is 1.09. The molecule has 2 heterocycles. The average molecular weight is 161 g/mol. The maximum absolute atomic E-state index is 8.36. The zero-order valence-electron chi connectivity index (χ0n) is 6.27. The van der Waals surface area contributed by atoms with Gasteiger partial charge in [-0.15, -0.1) is 0 Å². The first kappa shape index (κ1) is 7.30. The van der Waals surface area contributed by atoms with Crippen LogP contribution in [-0.4, -0.2) is 23.9 Å². The van der Waals surface area contributed by atoms with E-state index in [4.69, 9.17) is 9.68 Å². The van der Waals surface area contributed by atoms with Gasteiger partial charge in [-0.25, -0.2) is 0 Å². The van der Waals surface area contributed by atoms with E-state index < -0.39 is 0 Å². The van der Waals surface area contributed by atoms with E-state index >= 15 is 0 Å². The van der Waals surface area contributed by atoms with Crippen molar-refractivity contribution in [2.45, 2.75) is 6.54 Å². The van der Waals surface area contributed by atoms with Gasteiger partial charge in [-0.05, 0) is 6.07 Å². The van der Waals surface area contributed by atoms with Crippen molar-refractivity contribution in [1.82, 2.24) is 4.98 Å². The summed E-state index contributed by atoms with van der Waals surface area (Å²) in [6.07, 6.45) is 3.30. The molecule has 5 heteroatoms. The van der Waals surface area contributed by atoms with Gasteiger partial charge in [-0.1, -0.05) is 0 Å². The summed E-state index contributed by atoms with van der Waals surface area (Å²) in [6, 6.07) is 1.78. The number of nitrogens with zero attached hydrogens (tertiary/aromatic N) is 2. The minimum atomic E-state index is 0.518. The third-order valence-corrected chi connectivity index (χ3v) is 1.64. The molecule has 59 valence electrons. The minimum Gasteiger partial charge on any atom is -0.536 e. The first-order valence-electron chi connectivity index (χ1n) is 3.51. The van der Waals surface area contributed by atoms with Crippen molar-refractivity contribution >= 4 is 13.9 Å². The highest BCUT2D eigenvalue weighted by molar-refractivity contribution is 6.17. The monoisotopic (exact) mass is 161 g/mol. The van der Waals surface area contributed by atoms with E-state index in [1.54, 1.807) is 18.5 Å². The van der Waals surface area contributed by atoms with Crippen molar-refractivity contribution in [2.75, 3.05) is 0 Å². The van der Waals surface area contributed by atoms with Gasteiger partial charge in [0.05, 0.1) is 18.4 Å². The summed E-state index contributed by atoms with van der Waals surface area (Å²) in [7, 11) is 0.634. The Morgan fingerprint density at radius 1 is 1.58 bits per heavy atom. The lowest BCUT2D eigenvalue weighted by Crippen LogP contribution is -2.01. The molecule has 12 heavy (non-hydrogen) atoms. The van der Waals surface area contributed by atoms with Crippen LogP contribution in [0.25, 0.3) is 0 Å². The molecule has 1 aromatic rings. The summed E-state index contributed by atoms with van der Waals surface area (Å²) in [5, 5.41) is 8.36. The third-order valence-electron chi connectivity index (χ3n) is 1.64. The van der Waals surface area contributed by atoms with E-state index in [9.17, 15) is 0 Å². The molecule has 1 radical (unpaired) electrons. The van der Waals surface area contributed by atoms with E-state index in [1.807, 2.05) is 0 Å². The first-order valence-corrected chi connectivity index (χ1v) is 3.51. The van der Waals surface area contributed by atoms with E-state index in [-0.39, 0.29) is 0 Å². The molecule has 0 spiro atoms. The molecule has 0 saturated heterocycles. The van der Waals surface area contributed by atoms with Crippen LogP contribution in [0.1, 0.15) is 11.3 Å². The van der Waals surface area contributed by atoms with Gasteiger partial charge in [0.1, 0.15) is 5.75 Å². The molecule has 1 aliphatic heterocycles. The second-order valence-electron chi connectivity index (χ2n) is 2.40. The van der Waals surface area contributed by atoms with Crippen LogP contribution in [0.5, 0.6) is 5.75 Å². The smallest absolute Gasteiger partial charge is 0.536 e. The van der Waals surface area contributed by atoms with Crippen molar-refractivity contribution in [3.05, 3.63) is 23.5 Å². The van der Waals surface area contributed by atoms with Gasteiger partial charge in [-0.3, -0.25) is 9.98 Å². The fourth-order valence-electron chi connectivity index (χ4n) is 1.09. The Kier molecular flexibility index (Phi) is 1.79. The molecule has 1 aromatic heterocycles. The van der Waals surface area contributed by atoms with Crippen LogP contribution in [0, 0.1) is 0 Å². The molecule has 0 amide bonds. The zero-order valence-corrected chi connectivity index (χ0v) is 6.27. The third kappa shape index (κ3) is 1.19. The van der Waals surface area contributed by atoms with E-state index in [1.165, 1.54) is 0 Å². The molecular weight excluding hydrogens is 155 g/mol. The van der Waals surface area contributed by atoms with Crippen molar-refractivity contribution in [1.29, 1.82) is 0 Å². The standard InChI is InChI=1S/C7H6BN2O2/c11-8-12-6-1-5-2-9-4-7(5)10-3-6/h1-3,11H,4H2. The Balaban J connectivity index is 2.31. The van der Waals surface area contributed by atoms with Crippen LogP contribution in [0.2, 0.25) is 0 Å². The SMILES string of the molecule is O[B]Oc1cnc2c(c1)C=NC2. The molecule has 2 rings (SSSR count). The molecule has 0 fully saturated rings. The molecule has 0 bridgehead atoms. The van der Waals surface area contributed by atoms with E-state index in [0.29, 0.717) is 20.0 Å². The second kappa shape index (κ2) is 2.94. The van der Waals surface area contributed by atoms with Crippen LogP contribution < -0.4 is 4.65 Å². The number of hydrogen-bond acceptors (Lipinski definition) is 4. The summed E-state index contributed by atoms with van der Waals surface area (Å²) in [4.78, 5) is 8.13. The zero-order chi connectivity index (χ0) is 8.39. The summed E-state index contributed by atoms with van der Waals surface area (Å²) < 4.78 is 4.74. The molecule has 4 nitrogen and oxygen atoms in total. The van der Waals surface area contributed by atoms with E-state index in [0.717, 1.165) is 11.3 Å². The summed E-state index contributed by atoms with van der Waals surface area (Å²) in [5.74, 6) is 0.518. The Hall–Kier alpha value is -1.36. The number of aliphatic imine (C=N–C) groups is 1. The molecular formula is C7H6BN2O2. The summed E-state index contributed by atoms with van der Waals surface area (Å²) in [5.41, 5.74) is 1.90.